The zero-order chi connectivity index (χ0) is 16.9. The molecular weight excluding hydrogens is 306 g/mol. The average Bonchev–Trinajstić information content (AvgIpc) is 3.36. The maximum absolute atomic E-state index is 6.35. The summed E-state index contributed by atoms with van der Waals surface area (Å²) in [7, 11) is 2.53. The highest BCUT2D eigenvalue weighted by Crippen LogP contribution is 2.49. The van der Waals surface area contributed by atoms with Gasteiger partial charge < -0.3 is 9.22 Å². The van der Waals surface area contributed by atoms with E-state index < -0.39 is 0 Å². The van der Waals surface area contributed by atoms with Crippen LogP contribution in [-0.4, -0.2) is 42.9 Å². The van der Waals surface area contributed by atoms with Gasteiger partial charge in [0.15, 0.2) is 0 Å². The summed E-state index contributed by atoms with van der Waals surface area (Å²) in [6.07, 6.45) is 15.0. The van der Waals surface area contributed by atoms with Gasteiger partial charge in [0, 0.05) is 31.8 Å². The van der Waals surface area contributed by atoms with Crippen LogP contribution in [0.1, 0.15) is 67.6 Å². The number of hydrogen-bond acceptors (Lipinski definition) is 1. The van der Waals surface area contributed by atoms with Crippen molar-refractivity contribution in [3.05, 3.63) is 41.0 Å². The fourth-order valence-corrected chi connectivity index (χ4v) is 6.28. The van der Waals surface area contributed by atoms with E-state index in [9.17, 15) is 0 Å². The van der Waals surface area contributed by atoms with Gasteiger partial charge in [0.2, 0.25) is 0 Å². The molecule has 3 atom stereocenters. The van der Waals surface area contributed by atoms with Crippen LogP contribution in [0.2, 0.25) is 0 Å². The summed E-state index contributed by atoms with van der Waals surface area (Å²) in [5, 5.41) is 0. The lowest BCUT2D eigenvalue weighted by atomic mass is 9.70. The Morgan fingerprint density at radius 2 is 2.00 bits per heavy atom. The van der Waals surface area contributed by atoms with Gasteiger partial charge in [-0.2, -0.15) is 0 Å². The second kappa shape index (κ2) is 5.96. The Morgan fingerprint density at radius 1 is 1.12 bits per heavy atom. The Bertz CT molecular complexity index is 679. The number of fused-ring (bicyclic) bond motifs is 1. The van der Waals surface area contributed by atoms with E-state index in [0.29, 0.717) is 5.92 Å². The summed E-state index contributed by atoms with van der Waals surface area (Å²) < 4.78 is 7.63. The third-order valence-corrected chi connectivity index (χ3v) is 7.76. The summed E-state index contributed by atoms with van der Waals surface area (Å²) in [5.74, 6) is 0.706. The summed E-state index contributed by atoms with van der Waals surface area (Å²) >= 11 is 0. The molecule has 2 heterocycles. The molecule has 1 spiro atoms. The number of benzene rings is 1. The molecule has 1 aromatic carbocycles. The molecule has 25 heavy (non-hydrogen) atoms. The van der Waals surface area contributed by atoms with Crippen LogP contribution in [0.15, 0.2) is 24.3 Å². The molecule has 1 saturated carbocycles. The van der Waals surface area contributed by atoms with E-state index in [-0.39, 0.29) is 5.60 Å². The van der Waals surface area contributed by atoms with Crippen molar-refractivity contribution in [2.45, 2.75) is 68.9 Å². The second-order valence-corrected chi connectivity index (χ2v) is 9.25. The van der Waals surface area contributed by atoms with Crippen LogP contribution in [0.5, 0.6) is 0 Å². The molecule has 0 radical (unpaired) electrons. The maximum Gasteiger partial charge on any atom is 0.0985 e. The molecule has 0 aromatic heterocycles. The van der Waals surface area contributed by atoms with Crippen LogP contribution in [-0.2, 0) is 11.2 Å². The predicted octanol–water partition coefficient (Wildman–Crippen LogP) is 4.68. The molecule has 2 nitrogen and oxygen atoms in total. The van der Waals surface area contributed by atoms with Crippen molar-refractivity contribution in [2.75, 3.05) is 26.7 Å². The summed E-state index contributed by atoms with van der Waals surface area (Å²) in [6.45, 7) is 3.72. The molecule has 2 heteroatoms. The Hall–Kier alpha value is -1.12. The second-order valence-electron chi connectivity index (χ2n) is 9.25. The molecular formula is C23H32NO+. The number of hydrogen-bond donors (Lipinski definition) is 0. The molecule has 0 N–H and O–H groups in total. The molecule has 3 fully saturated rings. The summed E-state index contributed by atoms with van der Waals surface area (Å²) in [4.78, 5) is 0. The molecule has 5 rings (SSSR count). The first-order valence-corrected chi connectivity index (χ1v) is 10.5. The highest BCUT2D eigenvalue weighted by atomic mass is 16.5. The van der Waals surface area contributed by atoms with Crippen LogP contribution in [0.4, 0.5) is 0 Å². The molecule has 2 saturated heterocycles. The van der Waals surface area contributed by atoms with E-state index in [1.54, 1.807) is 5.56 Å². The van der Waals surface area contributed by atoms with Gasteiger partial charge in [0.1, 0.15) is 0 Å². The van der Waals surface area contributed by atoms with E-state index in [1.165, 1.54) is 73.6 Å². The highest BCUT2D eigenvalue weighted by molar-refractivity contribution is 5.61. The lowest BCUT2D eigenvalue weighted by molar-refractivity contribution is -0.925. The lowest BCUT2D eigenvalue weighted by Crippen LogP contribution is -2.57. The van der Waals surface area contributed by atoms with Crippen molar-refractivity contribution in [2.24, 2.45) is 0 Å². The minimum atomic E-state index is 0.210. The predicted molar refractivity (Wildman–Crippen MR) is 103 cm³/mol. The molecule has 2 aliphatic heterocycles. The minimum Gasteiger partial charge on any atom is -0.375 e. The van der Waals surface area contributed by atoms with E-state index >= 15 is 0 Å². The molecule has 134 valence electrons. The molecule has 4 aliphatic rings. The van der Waals surface area contributed by atoms with Crippen molar-refractivity contribution in [1.82, 2.24) is 0 Å². The number of rotatable bonds is 2. The molecule has 1 aromatic rings. The Labute approximate surface area is 152 Å². The average molecular weight is 339 g/mol. The zero-order valence-electron chi connectivity index (χ0n) is 15.7. The number of likely N-dealkylation sites (N-methyl/N-ethyl adjacent to an activating group) is 1. The Kier molecular flexibility index (Phi) is 3.83. The highest BCUT2D eigenvalue weighted by Gasteiger charge is 2.51. The van der Waals surface area contributed by atoms with Crippen LogP contribution >= 0.6 is 0 Å². The van der Waals surface area contributed by atoms with Crippen molar-refractivity contribution in [1.29, 1.82) is 0 Å². The van der Waals surface area contributed by atoms with Gasteiger partial charge >= 0.3 is 0 Å². The van der Waals surface area contributed by atoms with Crippen LogP contribution in [0.25, 0.3) is 6.08 Å². The fraction of sp³-hybridized carbons (Fsp3) is 0.652. The van der Waals surface area contributed by atoms with Crippen molar-refractivity contribution in [3.63, 3.8) is 0 Å². The third kappa shape index (κ3) is 2.69. The molecule has 0 amide bonds. The normalized spacial score (nSPS) is 36.2. The maximum atomic E-state index is 6.35. The molecule has 2 aliphatic carbocycles. The first kappa shape index (κ1) is 16.1. The zero-order valence-corrected chi connectivity index (χ0v) is 15.7. The quantitative estimate of drug-likeness (QED) is 0.711. The van der Waals surface area contributed by atoms with E-state index in [1.807, 2.05) is 0 Å². The van der Waals surface area contributed by atoms with Gasteiger partial charge in [-0.15, -0.1) is 0 Å². The van der Waals surface area contributed by atoms with Gasteiger partial charge in [-0.1, -0.05) is 30.4 Å². The van der Waals surface area contributed by atoms with Gasteiger partial charge in [-0.05, 0) is 48.8 Å². The lowest BCUT2D eigenvalue weighted by Gasteiger charge is -2.49. The van der Waals surface area contributed by atoms with Gasteiger partial charge in [0.05, 0.1) is 31.8 Å². The number of nitrogens with zero attached hydrogens (tertiary/aromatic N) is 1. The smallest absolute Gasteiger partial charge is 0.0985 e. The monoisotopic (exact) mass is 338 g/mol. The van der Waals surface area contributed by atoms with E-state index in [4.69, 9.17) is 4.74 Å². The number of quaternary nitrogens is 1. The van der Waals surface area contributed by atoms with Crippen molar-refractivity contribution >= 4 is 6.08 Å². The number of ether oxygens (including phenoxy) is 1. The van der Waals surface area contributed by atoms with Crippen LogP contribution < -0.4 is 0 Å². The van der Waals surface area contributed by atoms with Crippen LogP contribution in [0.3, 0.4) is 0 Å². The standard InChI is InChI=1S/C23H32NO/c1-24(13-2-3-14-24)22-17-23(11-5-15-25-23)12-10-21(22)20-9-8-18-6-4-7-19(18)16-20/h4,7-9,16,21-22H,2-3,5-6,10-15,17H2,1H3/q+1/t21-,22+,23+/m0/s1. The number of allylic oxidation sites excluding steroid dienone is 1. The Balaban J connectivity index is 1.49. The van der Waals surface area contributed by atoms with Crippen molar-refractivity contribution in [3.8, 4) is 0 Å². The first-order chi connectivity index (χ1) is 12.2. The first-order valence-electron chi connectivity index (χ1n) is 10.5. The molecule has 0 bridgehead atoms. The minimum absolute atomic E-state index is 0.210. The number of likely N-dealkylation sites (tertiary alicyclic amines) is 1. The fourth-order valence-electron chi connectivity index (χ4n) is 6.28. The van der Waals surface area contributed by atoms with E-state index in [2.05, 4.69) is 37.4 Å². The topological polar surface area (TPSA) is 9.23 Å². The van der Waals surface area contributed by atoms with Gasteiger partial charge in [-0.3, -0.25) is 0 Å². The molecule has 0 unspecified atom stereocenters. The SMILES string of the molecule is C[N+]1([C@@H]2C[C@@]3(CCCO3)CC[C@H]2c2ccc3c(c2)C=CC3)CCCC1. The van der Waals surface area contributed by atoms with Crippen molar-refractivity contribution < 1.29 is 9.22 Å². The van der Waals surface area contributed by atoms with E-state index in [0.717, 1.165) is 19.1 Å². The van der Waals surface area contributed by atoms with Gasteiger partial charge in [0.25, 0.3) is 0 Å². The third-order valence-electron chi connectivity index (χ3n) is 7.76. The van der Waals surface area contributed by atoms with Crippen LogP contribution in [0, 0.1) is 0 Å². The largest absolute Gasteiger partial charge is 0.375 e. The summed E-state index contributed by atoms with van der Waals surface area (Å²) in [6, 6.07) is 8.07. The summed E-state index contributed by atoms with van der Waals surface area (Å²) in [5.41, 5.74) is 4.78. The van der Waals surface area contributed by atoms with Gasteiger partial charge in [-0.25, -0.2) is 0 Å². The Morgan fingerprint density at radius 3 is 2.80 bits per heavy atom.